The third kappa shape index (κ3) is 6.76. The van der Waals surface area contributed by atoms with Crippen LogP contribution >= 0.6 is 7.82 Å². The van der Waals surface area contributed by atoms with E-state index in [9.17, 15) is 9.36 Å². The molecule has 14 heavy (non-hydrogen) atoms. The third-order valence-electron chi connectivity index (χ3n) is 1.08. The maximum Gasteiger partial charge on any atom is 0.469 e. The van der Waals surface area contributed by atoms with E-state index in [0.29, 0.717) is 0 Å². The van der Waals surface area contributed by atoms with Crippen molar-refractivity contribution in [3.05, 3.63) is 12.7 Å². The van der Waals surface area contributed by atoms with Gasteiger partial charge < -0.3 is 19.6 Å². The molecule has 0 spiro atoms. The standard InChI is InChI=1S/C6H11O7P/c1-2-6(8)13-5(3-7)4-12-14(9,10)11/h2,5,7H,1,3-4H2,(H2,9,10,11). The smallest absolute Gasteiger partial charge is 0.454 e. The molecule has 0 aromatic heterocycles. The van der Waals surface area contributed by atoms with Gasteiger partial charge in [0.15, 0.2) is 0 Å². The minimum absolute atomic E-state index is 0.583. The monoisotopic (exact) mass is 226 g/mol. The first-order valence-corrected chi connectivity index (χ1v) is 5.06. The Bertz CT molecular complexity index is 245. The summed E-state index contributed by atoms with van der Waals surface area (Å²) in [5, 5.41) is 8.62. The third-order valence-corrected chi connectivity index (χ3v) is 1.57. The lowest BCUT2D eigenvalue weighted by molar-refractivity contribution is -0.147. The summed E-state index contributed by atoms with van der Waals surface area (Å²) >= 11 is 0. The SMILES string of the molecule is C=CC(=O)OC(CO)COP(=O)(O)O. The molecule has 0 radical (unpaired) electrons. The summed E-state index contributed by atoms with van der Waals surface area (Å²) in [5.41, 5.74) is 0. The van der Waals surface area contributed by atoms with Crippen molar-refractivity contribution in [3.63, 3.8) is 0 Å². The summed E-state index contributed by atoms with van der Waals surface area (Å²) in [6.45, 7) is 1.93. The fourth-order valence-electron chi connectivity index (χ4n) is 0.517. The number of rotatable bonds is 6. The van der Waals surface area contributed by atoms with Crippen LogP contribution in [0.3, 0.4) is 0 Å². The van der Waals surface area contributed by atoms with Crippen molar-refractivity contribution in [2.24, 2.45) is 0 Å². The van der Waals surface area contributed by atoms with Crippen LogP contribution in [0.15, 0.2) is 12.7 Å². The maximum atomic E-state index is 10.6. The van der Waals surface area contributed by atoms with E-state index in [1.54, 1.807) is 0 Å². The Labute approximate surface area is 80.2 Å². The van der Waals surface area contributed by atoms with Crippen molar-refractivity contribution in [3.8, 4) is 0 Å². The van der Waals surface area contributed by atoms with E-state index in [1.165, 1.54) is 0 Å². The Balaban J connectivity index is 3.98. The number of aliphatic hydroxyl groups excluding tert-OH is 1. The Hall–Kier alpha value is -0.720. The summed E-state index contributed by atoms with van der Waals surface area (Å²) in [6, 6.07) is 0. The van der Waals surface area contributed by atoms with Crippen LogP contribution < -0.4 is 0 Å². The van der Waals surface area contributed by atoms with Gasteiger partial charge in [0.1, 0.15) is 6.10 Å². The highest BCUT2D eigenvalue weighted by molar-refractivity contribution is 7.46. The predicted octanol–water partition coefficient (Wildman–Crippen LogP) is -0.814. The summed E-state index contributed by atoms with van der Waals surface area (Å²) in [6.07, 6.45) is -0.256. The van der Waals surface area contributed by atoms with E-state index in [0.717, 1.165) is 6.08 Å². The number of aliphatic hydroxyl groups is 1. The molecule has 0 rings (SSSR count). The van der Waals surface area contributed by atoms with Crippen LogP contribution in [0, 0.1) is 0 Å². The molecule has 0 aliphatic carbocycles. The zero-order valence-electron chi connectivity index (χ0n) is 7.20. The van der Waals surface area contributed by atoms with Gasteiger partial charge in [-0.05, 0) is 0 Å². The molecule has 8 heteroatoms. The minimum Gasteiger partial charge on any atom is -0.454 e. The van der Waals surface area contributed by atoms with Crippen molar-refractivity contribution < 1.29 is 33.5 Å². The second-order valence-corrected chi connectivity index (χ2v) is 3.47. The lowest BCUT2D eigenvalue weighted by Crippen LogP contribution is -2.25. The van der Waals surface area contributed by atoms with Crippen molar-refractivity contribution in [1.29, 1.82) is 0 Å². The Kier molecular flexibility index (Phi) is 5.59. The summed E-state index contributed by atoms with van der Waals surface area (Å²) in [5.74, 6) is -0.807. The summed E-state index contributed by atoms with van der Waals surface area (Å²) in [7, 11) is -4.61. The lowest BCUT2D eigenvalue weighted by atomic mass is 10.4. The van der Waals surface area contributed by atoms with E-state index < -0.39 is 33.1 Å². The van der Waals surface area contributed by atoms with Crippen LogP contribution in [-0.4, -0.2) is 40.2 Å². The highest BCUT2D eigenvalue weighted by Gasteiger charge is 2.19. The van der Waals surface area contributed by atoms with Crippen molar-refractivity contribution in [2.45, 2.75) is 6.10 Å². The molecule has 0 saturated carbocycles. The number of phosphoric acid groups is 1. The minimum atomic E-state index is -4.61. The lowest BCUT2D eigenvalue weighted by Gasteiger charge is -2.14. The first kappa shape index (κ1) is 13.3. The molecule has 0 aromatic carbocycles. The quantitative estimate of drug-likeness (QED) is 0.308. The predicted molar refractivity (Wildman–Crippen MR) is 45.2 cm³/mol. The zero-order valence-corrected chi connectivity index (χ0v) is 8.09. The molecule has 7 nitrogen and oxygen atoms in total. The van der Waals surface area contributed by atoms with Gasteiger partial charge in [-0.15, -0.1) is 0 Å². The highest BCUT2D eigenvalue weighted by Crippen LogP contribution is 2.35. The van der Waals surface area contributed by atoms with Crippen LogP contribution in [-0.2, 0) is 18.6 Å². The van der Waals surface area contributed by atoms with Crippen LogP contribution in [0.1, 0.15) is 0 Å². The molecule has 3 N–H and O–H groups in total. The van der Waals surface area contributed by atoms with Crippen LogP contribution in [0.4, 0.5) is 0 Å². The van der Waals surface area contributed by atoms with Gasteiger partial charge in [-0.1, -0.05) is 6.58 Å². The maximum absolute atomic E-state index is 10.6. The van der Waals surface area contributed by atoms with Gasteiger partial charge in [0.25, 0.3) is 0 Å². The number of ether oxygens (including phenoxy) is 1. The topological polar surface area (TPSA) is 113 Å². The number of carbonyl (C=O) groups excluding carboxylic acids is 1. The van der Waals surface area contributed by atoms with Gasteiger partial charge in [0.05, 0.1) is 13.2 Å². The van der Waals surface area contributed by atoms with Crippen molar-refractivity contribution in [1.82, 2.24) is 0 Å². The van der Waals surface area contributed by atoms with Crippen LogP contribution in [0.25, 0.3) is 0 Å². The van der Waals surface area contributed by atoms with Gasteiger partial charge >= 0.3 is 13.8 Å². The Morgan fingerprint density at radius 2 is 2.14 bits per heavy atom. The second-order valence-electron chi connectivity index (χ2n) is 2.23. The molecule has 0 amide bonds. The van der Waals surface area contributed by atoms with Crippen molar-refractivity contribution in [2.75, 3.05) is 13.2 Å². The van der Waals surface area contributed by atoms with Gasteiger partial charge in [-0.3, -0.25) is 4.52 Å². The van der Waals surface area contributed by atoms with E-state index >= 15 is 0 Å². The molecular weight excluding hydrogens is 215 g/mol. The molecule has 0 aliphatic heterocycles. The number of esters is 1. The second kappa shape index (κ2) is 5.90. The number of hydrogen-bond donors (Lipinski definition) is 3. The van der Waals surface area contributed by atoms with E-state index in [4.69, 9.17) is 14.9 Å². The molecule has 0 heterocycles. The Morgan fingerprint density at radius 1 is 1.57 bits per heavy atom. The molecule has 0 fully saturated rings. The zero-order chi connectivity index (χ0) is 11.2. The summed E-state index contributed by atoms with van der Waals surface area (Å²) in [4.78, 5) is 27.2. The number of carbonyl (C=O) groups is 1. The van der Waals surface area contributed by atoms with E-state index in [2.05, 4.69) is 15.8 Å². The average Bonchev–Trinajstić information content (AvgIpc) is 2.10. The fraction of sp³-hybridized carbons (Fsp3) is 0.500. The number of phosphoric ester groups is 1. The molecule has 1 unspecified atom stereocenters. The molecule has 0 aromatic rings. The first-order valence-electron chi connectivity index (χ1n) is 3.53. The van der Waals surface area contributed by atoms with Gasteiger partial charge in [0.2, 0.25) is 0 Å². The van der Waals surface area contributed by atoms with Gasteiger partial charge in [-0.25, -0.2) is 9.36 Å². The molecule has 0 bridgehead atoms. The van der Waals surface area contributed by atoms with Crippen LogP contribution in [0.5, 0.6) is 0 Å². The largest absolute Gasteiger partial charge is 0.469 e. The number of hydrogen-bond acceptors (Lipinski definition) is 5. The first-order chi connectivity index (χ1) is 6.39. The van der Waals surface area contributed by atoms with E-state index in [-0.39, 0.29) is 0 Å². The highest BCUT2D eigenvalue weighted by atomic mass is 31.2. The molecule has 82 valence electrons. The fourth-order valence-corrected chi connectivity index (χ4v) is 0.877. The van der Waals surface area contributed by atoms with Crippen LogP contribution in [0.2, 0.25) is 0 Å². The van der Waals surface area contributed by atoms with Gasteiger partial charge in [-0.2, -0.15) is 0 Å². The van der Waals surface area contributed by atoms with E-state index in [1.807, 2.05) is 0 Å². The molecule has 0 saturated heterocycles. The molecule has 1 atom stereocenters. The summed E-state index contributed by atoms with van der Waals surface area (Å²) < 4.78 is 18.7. The Morgan fingerprint density at radius 3 is 2.50 bits per heavy atom. The average molecular weight is 226 g/mol. The molecule has 0 aliphatic rings. The van der Waals surface area contributed by atoms with Gasteiger partial charge in [0, 0.05) is 6.08 Å². The normalized spacial score (nSPS) is 13.4. The molecular formula is C6H11O7P. The van der Waals surface area contributed by atoms with Crippen molar-refractivity contribution >= 4 is 13.8 Å².